The smallest absolute Gasteiger partial charge is 0.257 e. The molecule has 1 saturated carbocycles. The number of nitrogens with zero attached hydrogens (tertiary/aromatic N) is 6. The number of carbonyl (C=O) groups is 1. The standard InChI is InChI=1S/C20H22N6O/c1-14-18(11-21-26(14)16-5-3-2-4-6-16)20(27)24-10-9-17(12-24)25-13-19(22-23-25)15-7-8-15/h2-6,11,13,15,17H,7-10,12H2,1H3/t17-/m1/s1. The van der Waals surface area contributed by atoms with E-state index in [1.807, 2.05) is 51.5 Å². The molecule has 1 saturated heterocycles. The van der Waals surface area contributed by atoms with Crippen molar-refractivity contribution in [2.45, 2.75) is 38.1 Å². The first kappa shape index (κ1) is 16.2. The van der Waals surface area contributed by atoms with Crippen LogP contribution in [0.2, 0.25) is 0 Å². The molecule has 0 spiro atoms. The Bertz CT molecular complexity index is 972. The molecular formula is C20H22N6O. The van der Waals surface area contributed by atoms with E-state index < -0.39 is 0 Å². The van der Waals surface area contributed by atoms with E-state index in [-0.39, 0.29) is 11.9 Å². The molecule has 0 unspecified atom stereocenters. The third-order valence-electron chi connectivity index (χ3n) is 5.59. The van der Waals surface area contributed by atoms with Gasteiger partial charge < -0.3 is 4.90 Å². The Morgan fingerprint density at radius 2 is 1.96 bits per heavy atom. The molecule has 0 N–H and O–H groups in total. The van der Waals surface area contributed by atoms with Gasteiger partial charge >= 0.3 is 0 Å². The van der Waals surface area contributed by atoms with Crippen LogP contribution in [-0.2, 0) is 0 Å². The van der Waals surface area contributed by atoms with Gasteiger partial charge in [-0.1, -0.05) is 23.4 Å². The van der Waals surface area contributed by atoms with Crippen molar-refractivity contribution in [1.29, 1.82) is 0 Å². The summed E-state index contributed by atoms with van der Waals surface area (Å²) in [5, 5.41) is 13.0. The zero-order valence-corrected chi connectivity index (χ0v) is 15.3. The normalized spacial score (nSPS) is 19.6. The van der Waals surface area contributed by atoms with Gasteiger partial charge in [0.15, 0.2) is 0 Å². The van der Waals surface area contributed by atoms with E-state index in [0.717, 1.165) is 30.0 Å². The quantitative estimate of drug-likeness (QED) is 0.716. The van der Waals surface area contributed by atoms with Gasteiger partial charge in [0.1, 0.15) is 0 Å². The minimum Gasteiger partial charge on any atom is -0.336 e. The Kier molecular flexibility index (Phi) is 3.81. The van der Waals surface area contributed by atoms with Gasteiger partial charge in [-0.05, 0) is 38.3 Å². The average Bonchev–Trinajstić information content (AvgIpc) is 3.11. The van der Waals surface area contributed by atoms with Crippen molar-refractivity contribution in [2.24, 2.45) is 0 Å². The molecule has 0 radical (unpaired) electrons. The lowest BCUT2D eigenvalue weighted by molar-refractivity contribution is 0.0786. The van der Waals surface area contributed by atoms with E-state index in [0.29, 0.717) is 18.0 Å². The summed E-state index contributed by atoms with van der Waals surface area (Å²) < 4.78 is 3.77. The number of carbonyl (C=O) groups excluding carboxylic acids is 1. The highest BCUT2D eigenvalue weighted by Gasteiger charge is 2.32. The second-order valence-electron chi connectivity index (χ2n) is 7.48. The molecule has 7 heteroatoms. The molecule has 0 bridgehead atoms. The molecule has 2 fully saturated rings. The molecule has 2 aromatic heterocycles. The van der Waals surface area contributed by atoms with Gasteiger partial charge in [0, 0.05) is 25.2 Å². The second-order valence-corrected chi connectivity index (χ2v) is 7.48. The van der Waals surface area contributed by atoms with Crippen molar-refractivity contribution in [3.8, 4) is 5.69 Å². The van der Waals surface area contributed by atoms with Gasteiger partial charge in [0.2, 0.25) is 0 Å². The number of benzene rings is 1. The third kappa shape index (κ3) is 2.93. The average molecular weight is 362 g/mol. The molecule has 1 atom stereocenters. The van der Waals surface area contributed by atoms with Crippen LogP contribution in [0.4, 0.5) is 0 Å². The first-order valence-corrected chi connectivity index (χ1v) is 9.52. The summed E-state index contributed by atoms with van der Waals surface area (Å²) in [7, 11) is 0. The number of likely N-dealkylation sites (tertiary alicyclic amines) is 1. The van der Waals surface area contributed by atoms with Crippen LogP contribution in [0.5, 0.6) is 0 Å². The lowest BCUT2D eigenvalue weighted by atomic mass is 10.2. The number of hydrogen-bond acceptors (Lipinski definition) is 4. The van der Waals surface area contributed by atoms with E-state index in [1.165, 1.54) is 12.8 Å². The predicted molar refractivity (Wildman–Crippen MR) is 99.9 cm³/mol. The first-order valence-electron chi connectivity index (χ1n) is 9.52. The minimum atomic E-state index is 0.0414. The fourth-order valence-electron chi connectivity index (χ4n) is 3.80. The molecular weight excluding hydrogens is 340 g/mol. The van der Waals surface area contributed by atoms with Crippen molar-refractivity contribution in [3.05, 3.63) is 59.7 Å². The van der Waals surface area contributed by atoms with E-state index in [2.05, 4.69) is 21.6 Å². The summed E-state index contributed by atoms with van der Waals surface area (Å²) in [4.78, 5) is 14.9. The van der Waals surface area contributed by atoms with E-state index in [9.17, 15) is 4.79 Å². The van der Waals surface area contributed by atoms with Crippen LogP contribution in [0.15, 0.2) is 42.7 Å². The molecule has 1 amide bonds. The molecule has 3 heterocycles. The number of amides is 1. The van der Waals surface area contributed by atoms with E-state index >= 15 is 0 Å². The molecule has 7 nitrogen and oxygen atoms in total. The molecule has 138 valence electrons. The number of rotatable bonds is 4. The Morgan fingerprint density at radius 1 is 1.15 bits per heavy atom. The van der Waals surface area contributed by atoms with Crippen molar-refractivity contribution < 1.29 is 4.79 Å². The number of para-hydroxylation sites is 1. The molecule has 1 aliphatic carbocycles. The molecule has 27 heavy (non-hydrogen) atoms. The SMILES string of the molecule is Cc1c(C(=O)N2CC[C@@H](n3cc(C4CC4)nn3)C2)cnn1-c1ccccc1. The summed E-state index contributed by atoms with van der Waals surface area (Å²) in [5.74, 6) is 0.643. The Labute approximate surface area is 157 Å². The summed E-state index contributed by atoms with van der Waals surface area (Å²) in [5.41, 5.74) is 3.59. The molecule has 3 aromatic rings. The number of aromatic nitrogens is 5. The minimum absolute atomic E-state index is 0.0414. The highest BCUT2D eigenvalue weighted by molar-refractivity contribution is 5.95. The van der Waals surface area contributed by atoms with Crippen LogP contribution in [-0.4, -0.2) is 48.7 Å². The summed E-state index contributed by atoms with van der Waals surface area (Å²) in [6.45, 7) is 3.35. The highest BCUT2D eigenvalue weighted by Crippen LogP contribution is 2.39. The summed E-state index contributed by atoms with van der Waals surface area (Å²) in [6.07, 6.45) is 7.09. The second kappa shape index (κ2) is 6.33. The van der Waals surface area contributed by atoms with Crippen LogP contribution < -0.4 is 0 Å². The van der Waals surface area contributed by atoms with Crippen molar-refractivity contribution in [3.63, 3.8) is 0 Å². The summed E-state index contributed by atoms with van der Waals surface area (Å²) >= 11 is 0. The zero-order chi connectivity index (χ0) is 18.4. The van der Waals surface area contributed by atoms with E-state index in [4.69, 9.17) is 0 Å². The fourth-order valence-corrected chi connectivity index (χ4v) is 3.80. The van der Waals surface area contributed by atoms with Gasteiger partial charge in [-0.25, -0.2) is 9.36 Å². The lowest BCUT2D eigenvalue weighted by Gasteiger charge is -2.16. The Hall–Kier alpha value is -2.96. The van der Waals surface area contributed by atoms with Crippen molar-refractivity contribution in [1.82, 2.24) is 29.7 Å². The predicted octanol–water partition coefficient (Wildman–Crippen LogP) is 2.74. The van der Waals surface area contributed by atoms with Crippen LogP contribution in [0, 0.1) is 6.92 Å². The van der Waals surface area contributed by atoms with Gasteiger partial charge in [-0.2, -0.15) is 5.10 Å². The Morgan fingerprint density at radius 3 is 2.74 bits per heavy atom. The zero-order valence-electron chi connectivity index (χ0n) is 15.3. The Balaban J connectivity index is 1.32. The van der Waals surface area contributed by atoms with Crippen molar-refractivity contribution >= 4 is 5.91 Å². The molecule has 1 aromatic carbocycles. The van der Waals surface area contributed by atoms with Gasteiger partial charge in [0.05, 0.1) is 34.9 Å². The first-order chi connectivity index (χ1) is 13.2. The fraction of sp³-hybridized carbons (Fsp3) is 0.400. The molecule has 5 rings (SSSR count). The third-order valence-corrected chi connectivity index (χ3v) is 5.59. The van der Waals surface area contributed by atoms with Gasteiger partial charge in [-0.3, -0.25) is 4.79 Å². The maximum atomic E-state index is 13.0. The van der Waals surface area contributed by atoms with E-state index in [1.54, 1.807) is 6.20 Å². The van der Waals surface area contributed by atoms with Crippen LogP contribution in [0.25, 0.3) is 5.69 Å². The molecule has 1 aliphatic heterocycles. The van der Waals surface area contributed by atoms with Crippen molar-refractivity contribution in [2.75, 3.05) is 13.1 Å². The lowest BCUT2D eigenvalue weighted by Crippen LogP contribution is -2.29. The maximum absolute atomic E-state index is 13.0. The largest absolute Gasteiger partial charge is 0.336 e. The molecule has 2 aliphatic rings. The maximum Gasteiger partial charge on any atom is 0.257 e. The number of hydrogen-bond donors (Lipinski definition) is 0. The summed E-state index contributed by atoms with van der Waals surface area (Å²) in [6, 6.07) is 10.1. The topological polar surface area (TPSA) is 68.8 Å². The van der Waals surface area contributed by atoms with Crippen LogP contribution >= 0.6 is 0 Å². The highest BCUT2D eigenvalue weighted by atomic mass is 16.2. The van der Waals surface area contributed by atoms with Crippen LogP contribution in [0.1, 0.15) is 53.0 Å². The van der Waals surface area contributed by atoms with Gasteiger partial charge in [0.25, 0.3) is 5.91 Å². The van der Waals surface area contributed by atoms with Crippen LogP contribution in [0.3, 0.4) is 0 Å². The van der Waals surface area contributed by atoms with Gasteiger partial charge in [-0.15, -0.1) is 5.10 Å². The monoisotopic (exact) mass is 362 g/mol.